The number of carbonyl (C=O) groups is 1. The van der Waals surface area contributed by atoms with Gasteiger partial charge in [0.1, 0.15) is 0 Å². The third-order valence-electron chi connectivity index (χ3n) is 5.69. The maximum Gasteiger partial charge on any atom is 0.264 e. The number of nitrogens with one attached hydrogen (secondary N) is 1. The summed E-state index contributed by atoms with van der Waals surface area (Å²) in [5.74, 6) is -0.965. The van der Waals surface area contributed by atoms with Crippen molar-refractivity contribution in [3.05, 3.63) is 61.1 Å². The minimum atomic E-state index is -3.77. The fourth-order valence-electron chi connectivity index (χ4n) is 3.49. The van der Waals surface area contributed by atoms with Crippen LogP contribution in [0.5, 0.6) is 0 Å². The molecule has 4 rings (SSSR count). The van der Waals surface area contributed by atoms with Crippen LogP contribution in [0.2, 0.25) is 0 Å². The van der Waals surface area contributed by atoms with E-state index in [1.165, 1.54) is 12.4 Å². The summed E-state index contributed by atoms with van der Waals surface area (Å²) in [5.41, 5.74) is 5.14. The van der Waals surface area contributed by atoms with Gasteiger partial charge >= 0.3 is 0 Å². The van der Waals surface area contributed by atoms with Gasteiger partial charge in [0.15, 0.2) is 14.6 Å². The van der Waals surface area contributed by atoms with E-state index >= 15 is 0 Å². The van der Waals surface area contributed by atoms with Crippen LogP contribution in [0, 0.1) is 0 Å². The lowest BCUT2D eigenvalue weighted by Crippen LogP contribution is -2.49. The highest BCUT2D eigenvalue weighted by atomic mass is 32.2. The fraction of sp³-hybridized carbons (Fsp3) is 0.238. The highest BCUT2D eigenvalue weighted by Gasteiger charge is 2.43. The first-order valence-electron chi connectivity index (χ1n) is 9.80. The molecule has 1 atom stereocenters. The molecule has 0 radical (unpaired) electrons. The molecule has 4 aromatic rings. The Balaban J connectivity index is 1.57. The number of hydrogen-bond donors (Lipinski definition) is 2. The summed E-state index contributed by atoms with van der Waals surface area (Å²) in [6.45, 7) is 1.48. The molecule has 0 saturated carbocycles. The van der Waals surface area contributed by atoms with Gasteiger partial charge in [-0.05, 0) is 48.7 Å². The van der Waals surface area contributed by atoms with Crippen LogP contribution in [0.25, 0.3) is 27.7 Å². The van der Waals surface area contributed by atoms with Gasteiger partial charge < -0.3 is 0 Å². The fourth-order valence-corrected chi connectivity index (χ4v) is 4.33. The predicted molar refractivity (Wildman–Crippen MR) is 118 cm³/mol. The Labute approximate surface area is 184 Å². The first-order valence-corrected chi connectivity index (χ1v) is 11.7. The number of carbonyl (C=O) groups excluding carboxylic acids is 1. The van der Waals surface area contributed by atoms with Crippen molar-refractivity contribution in [2.24, 2.45) is 0 Å². The molecule has 2 heterocycles. The van der Waals surface area contributed by atoms with Gasteiger partial charge in [-0.25, -0.2) is 13.9 Å². The van der Waals surface area contributed by atoms with Crippen molar-refractivity contribution in [1.82, 2.24) is 30.3 Å². The van der Waals surface area contributed by atoms with Gasteiger partial charge in [-0.3, -0.25) is 14.7 Å². The van der Waals surface area contributed by atoms with Crippen LogP contribution < -0.4 is 5.48 Å². The van der Waals surface area contributed by atoms with Crippen LogP contribution in [0.15, 0.2) is 61.1 Å². The molecule has 2 N–H and O–H groups in total. The third-order valence-corrected chi connectivity index (χ3v) is 7.72. The number of hydrogen-bond acceptors (Lipinski definition) is 7. The van der Waals surface area contributed by atoms with Crippen molar-refractivity contribution in [3.8, 4) is 16.8 Å². The van der Waals surface area contributed by atoms with Gasteiger partial charge in [0.25, 0.3) is 5.91 Å². The lowest BCUT2D eigenvalue weighted by Gasteiger charge is -2.25. The number of sulfone groups is 1. The zero-order valence-electron chi connectivity index (χ0n) is 17.5. The molecule has 2 aromatic carbocycles. The summed E-state index contributed by atoms with van der Waals surface area (Å²) in [6, 6.07) is 13.7. The second kappa shape index (κ2) is 8.17. The van der Waals surface area contributed by atoms with E-state index in [0.29, 0.717) is 0 Å². The molecule has 0 bridgehead atoms. The maximum absolute atomic E-state index is 12.2. The van der Waals surface area contributed by atoms with Gasteiger partial charge in [0, 0.05) is 18.2 Å². The molecule has 0 aliphatic heterocycles. The van der Waals surface area contributed by atoms with Crippen LogP contribution in [-0.2, 0) is 21.2 Å². The van der Waals surface area contributed by atoms with Crippen molar-refractivity contribution < 1.29 is 18.4 Å². The Morgan fingerprint density at radius 3 is 2.34 bits per heavy atom. The number of hydroxylamine groups is 1. The standard InChI is InChI=1S/C21H22N6O4S/c1-21(20(28)25-29,32(2,30)31)9-12-26-19-8-5-16(13-17(19)14-24-26)15-3-6-18(7-4-15)27-22-10-11-23-27/h3-8,10-11,13-14,29H,9,12H2,1-2H3,(H,25,28). The Hall–Kier alpha value is -3.57. The molecule has 32 heavy (non-hydrogen) atoms. The summed E-state index contributed by atoms with van der Waals surface area (Å²) in [7, 11) is -3.77. The second-order valence-corrected chi connectivity index (χ2v) is 10.1. The molecule has 1 unspecified atom stereocenters. The molecule has 0 aliphatic carbocycles. The highest BCUT2D eigenvalue weighted by molar-refractivity contribution is 7.92. The van der Waals surface area contributed by atoms with Crippen LogP contribution in [0.4, 0.5) is 0 Å². The summed E-state index contributed by atoms with van der Waals surface area (Å²) in [4.78, 5) is 13.6. The summed E-state index contributed by atoms with van der Waals surface area (Å²) >= 11 is 0. The first-order chi connectivity index (χ1) is 15.2. The van der Waals surface area contributed by atoms with E-state index < -0.39 is 20.5 Å². The highest BCUT2D eigenvalue weighted by Crippen LogP contribution is 2.27. The smallest absolute Gasteiger partial charge is 0.264 e. The zero-order valence-corrected chi connectivity index (χ0v) is 18.3. The first kappa shape index (κ1) is 21.7. The van der Waals surface area contributed by atoms with E-state index in [2.05, 4.69) is 15.3 Å². The SMILES string of the molecule is CC(CCn1ncc2cc(-c3ccc(-n4nccn4)cc3)ccc21)(C(=O)NO)S(C)(=O)=O. The van der Waals surface area contributed by atoms with Crippen LogP contribution >= 0.6 is 0 Å². The minimum Gasteiger partial charge on any atom is -0.289 e. The number of nitrogens with zero attached hydrogens (tertiary/aromatic N) is 5. The van der Waals surface area contributed by atoms with Gasteiger partial charge in [0.2, 0.25) is 0 Å². The van der Waals surface area contributed by atoms with Crippen LogP contribution in [0.3, 0.4) is 0 Å². The lowest BCUT2D eigenvalue weighted by atomic mass is 10.0. The molecule has 0 aliphatic rings. The molecule has 11 heteroatoms. The van der Waals surface area contributed by atoms with Crippen molar-refractivity contribution in [2.75, 3.05) is 6.26 Å². The number of amides is 1. The third kappa shape index (κ3) is 3.87. The lowest BCUT2D eigenvalue weighted by molar-refractivity contribution is -0.131. The van der Waals surface area contributed by atoms with Crippen LogP contribution in [-0.4, -0.2) is 55.3 Å². The topological polar surface area (TPSA) is 132 Å². The molecule has 0 fully saturated rings. The zero-order chi connectivity index (χ0) is 22.9. The molecule has 0 saturated heterocycles. The van der Waals surface area contributed by atoms with Crippen LogP contribution in [0.1, 0.15) is 13.3 Å². The normalized spacial score (nSPS) is 13.7. The minimum absolute atomic E-state index is 0.0420. The van der Waals surface area contributed by atoms with Crippen molar-refractivity contribution in [3.63, 3.8) is 0 Å². The summed E-state index contributed by atoms with van der Waals surface area (Å²) < 4.78 is 24.2. The summed E-state index contributed by atoms with van der Waals surface area (Å²) in [5, 5.41) is 22.4. The molecule has 10 nitrogen and oxygen atoms in total. The maximum atomic E-state index is 12.2. The Bertz CT molecular complexity index is 1360. The van der Waals surface area contributed by atoms with Gasteiger partial charge in [-0.2, -0.15) is 20.1 Å². The molecular formula is C21H22N6O4S. The van der Waals surface area contributed by atoms with E-state index in [0.717, 1.165) is 34.0 Å². The van der Waals surface area contributed by atoms with Gasteiger partial charge in [-0.15, -0.1) is 0 Å². The quantitative estimate of drug-likeness (QED) is 0.322. The Morgan fingerprint density at radius 2 is 1.72 bits per heavy atom. The molecular weight excluding hydrogens is 432 g/mol. The summed E-state index contributed by atoms with van der Waals surface area (Å²) in [6.07, 6.45) is 5.87. The number of aryl methyl sites for hydroxylation is 1. The van der Waals surface area contributed by atoms with E-state index in [1.54, 1.807) is 28.1 Å². The van der Waals surface area contributed by atoms with E-state index in [-0.39, 0.29) is 13.0 Å². The number of fused-ring (bicyclic) bond motifs is 1. The number of rotatable bonds is 7. The number of aromatic nitrogens is 5. The molecule has 1 amide bonds. The Morgan fingerprint density at radius 1 is 1.06 bits per heavy atom. The van der Waals surface area contributed by atoms with Crippen molar-refractivity contribution in [1.29, 1.82) is 0 Å². The van der Waals surface area contributed by atoms with E-state index in [9.17, 15) is 13.2 Å². The average molecular weight is 455 g/mol. The monoisotopic (exact) mass is 454 g/mol. The largest absolute Gasteiger partial charge is 0.289 e. The van der Waals surface area contributed by atoms with Gasteiger partial charge in [-0.1, -0.05) is 18.2 Å². The van der Waals surface area contributed by atoms with E-state index in [4.69, 9.17) is 5.21 Å². The number of benzene rings is 2. The molecule has 166 valence electrons. The van der Waals surface area contributed by atoms with Gasteiger partial charge in [0.05, 0.1) is 29.8 Å². The second-order valence-electron chi connectivity index (χ2n) is 7.70. The average Bonchev–Trinajstić information content (AvgIpc) is 3.46. The van der Waals surface area contributed by atoms with Crippen molar-refractivity contribution in [2.45, 2.75) is 24.6 Å². The van der Waals surface area contributed by atoms with E-state index in [1.807, 2.05) is 42.5 Å². The molecule has 2 aromatic heterocycles. The molecule has 0 spiro atoms. The van der Waals surface area contributed by atoms with Crippen molar-refractivity contribution >= 4 is 26.6 Å². The predicted octanol–water partition coefficient (Wildman–Crippen LogP) is 1.98. The Kier molecular flexibility index (Phi) is 5.53.